The Morgan fingerprint density at radius 3 is 2.38 bits per heavy atom. The number of amides is 1. The number of anilines is 1. The quantitative estimate of drug-likeness (QED) is 0.741. The fraction of sp³-hybridized carbons (Fsp3) is 0.125. The first-order valence-corrected chi connectivity index (χ1v) is 7.78. The van der Waals surface area contributed by atoms with E-state index in [0.29, 0.717) is 28.4 Å². The second-order valence-corrected chi connectivity index (χ2v) is 5.86. The molecule has 0 aromatic heterocycles. The van der Waals surface area contributed by atoms with Crippen LogP contribution in [0, 0.1) is 0 Å². The van der Waals surface area contributed by atoms with E-state index in [9.17, 15) is 9.59 Å². The molecule has 1 amide bonds. The van der Waals surface area contributed by atoms with Gasteiger partial charge in [-0.2, -0.15) is 0 Å². The Bertz CT molecular complexity index is 757. The van der Waals surface area contributed by atoms with Gasteiger partial charge in [0.25, 0.3) is 5.91 Å². The summed E-state index contributed by atoms with van der Waals surface area (Å²) in [5.41, 5.74) is 0.683. The van der Waals surface area contributed by atoms with Gasteiger partial charge >= 0.3 is 0 Å². The number of rotatable bonds is 6. The molecular formula is C16H12Cl3NO4. The monoisotopic (exact) mass is 387 g/mol. The number of hydrogen-bond acceptors (Lipinski definition) is 4. The average molecular weight is 389 g/mol. The Hall–Kier alpha value is -1.95. The molecule has 2 aromatic carbocycles. The lowest BCUT2D eigenvalue weighted by Crippen LogP contribution is -2.20. The lowest BCUT2D eigenvalue weighted by Gasteiger charge is -2.12. The molecule has 24 heavy (non-hydrogen) atoms. The number of methoxy groups -OCH3 is 1. The molecule has 0 aliphatic carbocycles. The second kappa shape index (κ2) is 8.24. The molecule has 0 unspecified atom stereocenters. The number of carbonyl (C=O) groups is 2. The van der Waals surface area contributed by atoms with Gasteiger partial charge in [0.05, 0.1) is 22.8 Å². The number of aldehydes is 1. The molecule has 0 fully saturated rings. The van der Waals surface area contributed by atoms with Gasteiger partial charge in [0, 0.05) is 10.6 Å². The summed E-state index contributed by atoms with van der Waals surface area (Å²) in [5, 5.41) is 3.35. The molecule has 0 aliphatic heterocycles. The van der Waals surface area contributed by atoms with Gasteiger partial charge in [0.1, 0.15) is 6.29 Å². The first-order chi connectivity index (χ1) is 11.4. The minimum atomic E-state index is -0.470. The molecule has 0 bridgehead atoms. The van der Waals surface area contributed by atoms with Crippen LogP contribution in [-0.2, 0) is 4.79 Å². The SMILES string of the molecule is COc1cc(C=O)ccc1OCC(=O)Nc1c(Cl)cc(Cl)cc1Cl. The lowest BCUT2D eigenvalue weighted by atomic mass is 10.2. The van der Waals surface area contributed by atoms with Gasteiger partial charge in [-0.15, -0.1) is 0 Å². The normalized spacial score (nSPS) is 10.2. The van der Waals surface area contributed by atoms with E-state index in [1.54, 1.807) is 6.07 Å². The number of hydrogen-bond donors (Lipinski definition) is 1. The molecule has 0 heterocycles. The molecule has 0 atom stereocenters. The molecule has 1 N–H and O–H groups in total. The van der Waals surface area contributed by atoms with Crippen LogP contribution in [0.1, 0.15) is 10.4 Å². The van der Waals surface area contributed by atoms with Crippen LogP contribution in [0.2, 0.25) is 15.1 Å². The van der Waals surface area contributed by atoms with Gasteiger partial charge in [-0.05, 0) is 30.3 Å². The van der Waals surface area contributed by atoms with Crippen molar-refractivity contribution in [3.05, 3.63) is 51.0 Å². The molecule has 0 spiro atoms. The van der Waals surface area contributed by atoms with Crippen LogP contribution in [0.4, 0.5) is 5.69 Å². The fourth-order valence-electron chi connectivity index (χ4n) is 1.86. The van der Waals surface area contributed by atoms with Gasteiger partial charge in [-0.1, -0.05) is 34.8 Å². The highest BCUT2D eigenvalue weighted by molar-refractivity contribution is 6.42. The summed E-state index contributed by atoms with van der Waals surface area (Å²) in [6.07, 6.45) is 0.684. The third kappa shape index (κ3) is 4.54. The summed E-state index contributed by atoms with van der Waals surface area (Å²) in [5.74, 6) is 0.198. The van der Waals surface area contributed by atoms with Crippen molar-refractivity contribution in [1.82, 2.24) is 0 Å². The molecule has 8 heteroatoms. The minimum Gasteiger partial charge on any atom is -0.493 e. The Balaban J connectivity index is 2.05. The topological polar surface area (TPSA) is 64.6 Å². The molecular weight excluding hydrogens is 377 g/mol. The zero-order chi connectivity index (χ0) is 17.7. The summed E-state index contributed by atoms with van der Waals surface area (Å²) < 4.78 is 10.5. The largest absolute Gasteiger partial charge is 0.493 e. The molecule has 2 rings (SSSR count). The van der Waals surface area contributed by atoms with Crippen LogP contribution in [0.15, 0.2) is 30.3 Å². The highest BCUT2D eigenvalue weighted by Crippen LogP contribution is 2.33. The maximum atomic E-state index is 12.0. The second-order valence-electron chi connectivity index (χ2n) is 4.61. The Morgan fingerprint density at radius 2 is 1.79 bits per heavy atom. The summed E-state index contributed by atoms with van der Waals surface area (Å²) in [4.78, 5) is 22.8. The van der Waals surface area contributed by atoms with Crippen molar-refractivity contribution >= 4 is 52.7 Å². The first kappa shape index (κ1) is 18.4. The lowest BCUT2D eigenvalue weighted by molar-refractivity contribution is -0.118. The van der Waals surface area contributed by atoms with E-state index in [1.165, 1.54) is 31.4 Å². The molecule has 0 aliphatic rings. The van der Waals surface area contributed by atoms with Gasteiger partial charge in [-0.25, -0.2) is 0 Å². The van der Waals surface area contributed by atoms with Crippen LogP contribution >= 0.6 is 34.8 Å². The number of carbonyl (C=O) groups excluding carboxylic acids is 2. The van der Waals surface area contributed by atoms with Crippen molar-refractivity contribution in [2.24, 2.45) is 0 Å². The van der Waals surface area contributed by atoms with Crippen LogP contribution in [-0.4, -0.2) is 25.9 Å². The molecule has 0 saturated heterocycles. The summed E-state index contributed by atoms with van der Waals surface area (Å²) in [6.45, 7) is -0.300. The van der Waals surface area contributed by atoms with Crippen molar-refractivity contribution in [3.8, 4) is 11.5 Å². The fourth-order valence-corrected chi connectivity index (χ4v) is 2.77. The van der Waals surface area contributed by atoms with Gasteiger partial charge in [0.15, 0.2) is 18.1 Å². The first-order valence-electron chi connectivity index (χ1n) is 6.65. The van der Waals surface area contributed by atoms with Crippen LogP contribution < -0.4 is 14.8 Å². The van der Waals surface area contributed by atoms with E-state index >= 15 is 0 Å². The van der Waals surface area contributed by atoms with Crippen molar-refractivity contribution < 1.29 is 19.1 Å². The van der Waals surface area contributed by atoms with E-state index in [1.807, 2.05) is 0 Å². The number of ether oxygens (including phenoxy) is 2. The predicted molar refractivity (Wildman–Crippen MR) is 94.0 cm³/mol. The van der Waals surface area contributed by atoms with Crippen LogP contribution in [0.3, 0.4) is 0 Å². The number of benzene rings is 2. The smallest absolute Gasteiger partial charge is 0.262 e. The summed E-state index contributed by atoms with van der Waals surface area (Å²) in [6, 6.07) is 7.53. The molecule has 0 radical (unpaired) electrons. The van der Waals surface area contributed by atoms with Gasteiger partial charge in [-0.3, -0.25) is 9.59 Å². The minimum absolute atomic E-state index is 0.216. The summed E-state index contributed by atoms with van der Waals surface area (Å²) in [7, 11) is 1.43. The maximum absolute atomic E-state index is 12.0. The maximum Gasteiger partial charge on any atom is 0.262 e. The third-order valence-corrected chi connectivity index (χ3v) is 3.77. The number of nitrogens with one attached hydrogen (secondary N) is 1. The highest BCUT2D eigenvalue weighted by atomic mass is 35.5. The molecule has 2 aromatic rings. The van der Waals surface area contributed by atoms with Crippen molar-refractivity contribution in [2.45, 2.75) is 0 Å². The third-order valence-electron chi connectivity index (χ3n) is 2.95. The zero-order valence-electron chi connectivity index (χ0n) is 12.4. The average Bonchev–Trinajstić information content (AvgIpc) is 2.56. The van der Waals surface area contributed by atoms with Crippen molar-refractivity contribution in [1.29, 1.82) is 0 Å². The van der Waals surface area contributed by atoms with Crippen LogP contribution in [0.25, 0.3) is 0 Å². The van der Waals surface area contributed by atoms with Crippen LogP contribution in [0.5, 0.6) is 11.5 Å². The molecule has 126 valence electrons. The number of halogens is 3. The Kier molecular flexibility index (Phi) is 6.31. The highest BCUT2D eigenvalue weighted by Gasteiger charge is 2.13. The van der Waals surface area contributed by atoms with Crippen molar-refractivity contribution in [2.75, 3.05) is 19.0 Å². The van der Waals surface area contributed by atoms with Crippen molar-refractivity contribution in [3.63, 3.8) is 0 Å². The van der Waals surface area contributed by atoms with E-state index in [-0.39, 0.29) is 22.3 Å². The Morgan fingerprint density at radius 1 is 1.12 bits per heavy atom. The Labute approximate surface area is 153 Å². The molecule has 5 nitrogen and oxygen atoms in total. The standard InChI is InChI=1S/C16H12Cl3NO4/c1-23-14-4-9(7-21)2-3-13(14)24-8-15(22)20-16-11(18)5-10(17)6-12(16)19/h2-7H,8H2,1H3,(H,20,22). The van der Waals surface area contributed by atoms with E-state index in [2.05, 4.69) is 5.32 Å². The predicted octanol–water partition coefficient (Wildman–Crippen LogP) is 4.49. The summed E-state index contributed by atoms with van der Waals surface area (Å²) >= 11 is 17.8. The van der Waals surface area contributed by atoms with E-state index in [0.717, 1.165) is 0 Å². The van der Waals surface area contributed by atoms with Gasteiger partial charge in [0.2, 0.25) is 0 Å². The zero-order valence-corrected chi connectivity index (χ0v) is 14.7. The van der Waals surface area contributed by atoms with E-state index < -0.39 is 5.91 Å². The van der Waals surface area contributed by atoms with Gasteiger partial charge < -0.3 is 14.8 Å². The van der Waals surface area contributed by atoms with E-state index in [4.69, 9.17) is 44.3 Å². The molecule has 0 saturated carbocycles.